The average Bonchev–Trinajstić information content (AvgIpc) is 2.96. The number of rotatable bonds is 5. The van der Waals surface area contributed by atoms with Gasteiger partial charge in [-0.2, -0.15) is 0 Å². The van der Waals surface area contributed by atoms with Crippen molar-refractivity contribution in [1.82, 2.24) is 9.55 Å². The van der Waals surface area contributed by atoms with Gasteiger partial charge in [0, 0.05) is 6.54 Å². The van der Waals surface area contributed by atoms with Crippen LogP contribution in [0, 0.1) is 6.92 Å². The normalized spacial score (nSPS) is 10.8. The third-order valence-electron chi connectivity index (χ3n) is 4.17. The van der Waals surface area contributed by atoms with E-state index in [9.17, 15) is 9.59 Å². The van der Waals surface area contributed by atoms with Gasteiger partial charge in [0.15, 0.2) is 0 Å². The van der Waals surface area contributed by atoms with Crippen LogP contribution in [0.4, 0.5) is 5.69 Å². The lowest BCUT2D eigenvalue weighted by Crippen LogP contribution is -2.13. The van der Waals surface area contributed by atoms with Crippen LogP contribution in [0.15, 0.2) is 36.4 Å². The maximum Gasteiger partial charge on any atom is 0.307 e. The topological polar surface area (TPSA) is 73.2 Å². The zero-order chi connectivity index (χ0) is 19.6. The van der Waals surface area contributed by atoms with Crippen LogP contribution in [0.3, 0.4) is 0 Å². The van der Waals surface area contributed by atoms with E-state index in [0.717, 1.165) is 11.3 Å². The summed E-state index contributed by atoms with van der Waals surface area (Å²) >= 11 is 12.2. The van der Waals surface area contributed by atoms with E-state index in [0.29, 0.717) is 17.7 Å². The fraction of sp³-hybridized carbons (Fsp3) is 0.211. The number of halogens is 2. The number of aromatic nitrogens is 2. The number of carbonyl (C=O) groups is 2. The molecule has 0 atom stereocenters. The highest BCUT2D eigenvalue weighted by Gasteiger charge is 2.18. The van der Waals surface area contributed by atoms with Crippen molar-refractivity contribution in [2.75, 3.05) is 12.4 Å². The number of nitrogens with zero attached hydrogens (tertiary/aromatic N) is 2. The van der Waals surface area contributed by atoms with Crippen LogP contribution >= 0.6 is 23.2 Å². The summed E-state index contributed by atoms with van der Waals surface area (Å²) in [5.74, 6) is 0.0142. The minimum atomic E-state index is -0.417. The number of hydrogen-bond donors (Lipinski definition) is 1. The Balaban J connectivity index is 1.94. The largest absolute Gasteiger partial charge is 0.469 e. The minimum absolute atomic E-state index is 0.208. The first kappa shape index (κ1) is 19.2. The zero-order valence-corrected chi connectivity index (χ0v) is 16.3. The van der Waals surface area contributed by atoms with Gasteiger partial charge in [-0.05, 0) is 31.2 Å². The quantitative estimate of drug-likeness (QED) is 0.635. The van der Waals surface area contributed by atoms with E-state index in [2.05, 4.69) is 10.3 Å². The Morgan fingerprint density at radius 1 is 1.15 bits per heavy atom. The molecule has 0 unspecified atom stereocenters. The fourth-order valence-electron chi connectivity index (χ4n) is 2.85. The molecule has 1 aromatic heterocycles. The Morgan fingerprint density at radius 2 is 1.81 bits per heavy atom. The molecule has 3 aromatic rings. The number of anilines is 1. The van der Waals surface area contributed by atoms with Gasteiger partial charge in [-0.3, -0.25) is 9.59 Å². The van der Waals surface area contributed by atoms with E-state index in [1.165, 1.54) is 7.11 Å². The molecule has 8 heteroatoms. The van der Waals surface area contributed by atoms with Gasteiger partial charge in [-0.25, -0.2) is 4.98 Å². The number of ether oxygens (including phenoxy) is 1. The second-order valence-corrected chi connectivity index (χ2v) is 6.68. The number of hydrogen-bond acceptors (Lipinski definition) is 4. The summed E-state index contributed by atoms with van der Waals surface area (Å²) in [4.78, 5) is 28.7. The molecule has 1 heterocycles. The second-order valence-electron chi connectivity index (χ2n) is 5.86. The van der Waals surface area contributed by atoms with E-state index in [1.807, 2.05) is 23.6 Å². The van der Waals surface area contributed by atoms with Crippen LogP contribution in [0.2, 0.25) is 10.0 Å². The van der Waals surface area contributed by atoms with Crippen LogP contribution in [-0.2, 0) is 16.1 Å². The Hall–Kier alpha value is -2.57. The highest BCUT2D eigenvalue weighted by Crippen LogP contribution is 2.28. The first-order valence-corrected chi connectivity index (χ1v) is 8.96. The molecule has 3 rings (SSSR count). The number of methoxy groups -OCH3 is 1. The summed E-state index contributed by atoms with van der Waals surface area (Å²) in [6, 6.07) is 10.3. The van der Waals surface area contributed by atoms with Gasteiger partial charge in [-0.15, -0.1) is 0 Å². The average molecular weight is 406 g/mol. The number of para-hydroxylation sites is 1. The molecule has 0 aliphatic heterocycles. The molecule has 0 aliphatic rings. The van der Waals surface area contributed by atoms with Gasteiger partial charge in [0.25, 0.3) is 5.91 Å². The number of amides is 1. The fourth-order valence-corrected chi connectivity index (χ4v) is 3.42. The molecular weight excluding hydrogens is 389 g/mol. The predicted molar refractivity (Wildman–Crippen MR) is 106 cm³/mol. The summed E-state index contributed by atoms with van der Waals surface area (Å²) in [5.41, 5.74) is 2.17. The third kappa shape index (κ3) is 3.91. The minimum Gasteiger partial charge on any atom is -0.469 e. The summed E-state index contributed by atoms with van der Waals surface area (Å²) < 4.78 is 6.60. The number of fused-ring (bicyclic) bond motifs is 1. The van der Waals surface area contributed by atoms with Crippen LogP contribution in [-0.4, -0.2) is 28.5 Å². The van der Waals surface area contributed by atoms with Crippen LogP contribution < -0.4 is 5.32 Å². The summed E-state index contributed by atoms with van der Waals surface area (Å²) in [7, 11) is 1.36. The number of esters is 1. The van der Waals surface area contributed by atoms with Crippen LogP contribution in [0.25, 0.3) is 11.0 Å². The third-order valence-corrected chi connectivity index (χ3v) is 4.80. The maximum atomic E-state index is 12.7. The number of carbonyl (C=O) groups excluding carboxylic acids is 2. The number of aryl methyl sites for hydroxylation is 2. The Kier molecular flexibility index (Phi) is 5.68. The molecule has 0 fully saturated rings. The van der Waals surface area contributed by atoms with E-state index < -0.39 is 5.91 Å². The van der Waals surface area contributed by atoms with E-state index in [-0.39, 0.29) is 28.0 Å². The van der Waals surface area contributed by atoms with Gasteiger partial charge >= 0.3 is 5.97 Å². The standard InChI is InChI=1S/C19H17Cl2N3O3/c1-11-22-18-14(23-19(26)17-12(20)5-3-6-13(17)21)7-4-8-15(18)24(11)10-9-16(25)27-2/h3-8H,9-10H2,1-2H3,(H,23,26). The molecule has 140 valence electrons. The monoisotopic (exact) mass is 405 g/mol. The Bertz CT molecular complexity index is 1010. The van der Waals surface area contributed by atoms with Crippen molar-refractivity contribution in [2.24, 2.45) is 0 Å². The summed E-state index contributed by atoms with van der Waals surface area (Å²) in [6.07, 6.45) is 0.231. The molecular formula is C19H17Cl2N3O3. The van der Waals surface area contributed by atoms with Crippen molar-refractivity contribution in [3.8, 4) is 0 Å². The molecule has 0 saturated heterocycles. The molecule has 0 spiro atoms. The van der Waals surface area contributed by atoms with E-state index in [4.69, 9.17) is 27.9 Å². The first-order chi connectivity index (χ1) is 12.9. The van der Waals surface area contributed by atoms with Crippen molar-refractivity contribution in [2.45, 2.75) is 19.9 Å². The number of nitrogens with one attached hydrogen (secondary N) is 1. The molecule has 27 heavy (non-hydrogen) atoms. The number of imidazole rings is 1. The molecule has 0 radical (unpaired) electrons. The number of benzene rings is 2. The molecule has 0 saturated carbocycles. The van der Waals surface area contributed by atoms with Gasteiger partial charge in [0.05, 0.1) is 40.3 Å². The van der Waals surface area contributed by atoms with Gasteiger partial charge in [0.1, 0.15) is 11.3 Å². The van der Waals surface area contributed by atoms with Gasteiger partial charge in [0.2, 0.25) is 0 Å². The van der Waals surface area contributed by atoms with Crippen molar-refractivity contribution >= 4 is 51.8 Å². The highest BCUT2D eigenvalue weighted by molar-refractivity contribution is 6.40. The lowest BCUT2D eigenvalue weighted by molar-refractivity contribution is -0.140. The Labute approximate surface area is 166 Å². The zero-order valence-electron chi connectivity index (χ0n) is 14.8. The SMILES string of the molecule is COC(=O)CCn1c(C)nc2c(NC(=O)c3c(Cl)cccc3Cl)cccc21. The molecule has 0 aliphatic carbocycles. The van der Waals surface area contributed by atoms with E-state index >= 15 is 0 Å². The predicted octanol–water partition coefficient (Wildman–Crippen LogP) is 4.47. The lowest BCUT2D eigenvalue weighted by atomic mass is 10.2. The van der Waals surface area contributed by atoms with Gasteiger partial charge in [-0.1, -0.05) is 35.3 Å². The lowest BCUT2D eigenvalue weighted by Gasteiger charge is -2.09. The highest BCUT2D eigenvalue weighted by atomic mass is 35.5. The van der Waals surface area contributed by atoms with E-state index in [1.54, 1.807) is 24.3 Å². The first-order valence-electron chi connectivity index (χ1n) is 8.20. The molecule has 1 amide bonds. The molecule has 6 nitrogen and oxygen atoms in total. The van der Waals surface area contributed by atoms with Crippen molar-refractivity contribution in [3.63, 3.8) is 0 Å². The maximum absolute atomic E-state index is 12.7. The van der Waals surface area contributed by atoms with Crippen molar-refractivity contribution < 1.29 is 14.3 Å². The molecule has 0 bridgehead atoms. The van der Waals surface area contributed by atoms with Crippen LogP contribution in [0.5, 0.6) is 0 Å². The summed E-state index contributed by atoms with van der Waals surface area (Å²) in [5, 5.41) is 3.36. The van der Waals surface area contributed by atoms with Crippen molar-refractivity contribution in [1.29, 1.82) is 0 Å². The summed E-state index contributed by atoms with van der Waals surface area (Å²) in [6.45, 7) is 2.27. The smallest absolute Gasteiger partial charge is 0.307 e. The van der Waals surface area contributed by atoms with Crippen molar-refractivity contribution in [3.05, 3.63) is 57.8 Å². The molecule has 2 aromatic carbocycles. The molecule has 1 N–H and O–H groups in total. The van der Waals surface area contributed by atoms with Gasteiger partial charge < -0.3 is 14.6 Å². The second kappa shape index (κ2) is 7.98. The Morgan fingerprint density at radius 3 is 2.48 bits per heavy atom. The van der Waals surface area contributed by atoms with Crippen LogP contribution in [0.1, 0.15) is 22.6 Å².